The molecule has 0 atom stereocenters. The fraction of sp³-hybridized carbons (Fsp3) is 0.333. The van der Waals surface area contributed by atoms with Crippen molar-refractivity contribution in [1.82, 2.24) is 14.3 Å². The van der Waals surface area contributed by atoms with Gasteiger partial charge in [-0.2, -0.15) is 4.31 Å². The van der Waals surface area contributed by atoms with Crippen molar-refractivity contribution in [3.05, 3.63) is 34.1 Å². The Balaban J connectivity index is 2.09. The van der Waals surface area contributed by atoms with Crippen LogP contribution < -0.4 is 0 Å². The Labute approximate surface area is 119 Å². The molecule has 19 heavy (non-hydrogen) atoms. The van der Waals surface area contributed by atoms with Crippen molar-refractivity contribution in [2.75, 3.05) is 12.8 Å². The van der Waals surface area contributed by atoms with Crippen molar-refractivity contribution < 1.29 is 8.42 Å². The van der Waals surface area contributed by atoms with Gasteiger partial charge in [0.2, 0.25) is 10.0 Å². The maximum Gasteiger partial charge on any atom is 0.211 e. The van der Waals surface area contributed by atoms with Crippen LogP contribution in [0.4, 0.5) is 0 Å². The predicted octanol–water partition coefficient (Wildman–Crippen LogP) is 1.71. The fourth-order valence-corrected chi connectivity index (χ4v) is 3.40. The molecule has 1 aliphatic heterocycles. The molecule has 7 heteroatoms. The number of fused-ring (bicyclic) bond motifs is 2. The second kappa shape index (κ2) is 4.50. The number of halogens is 1. The molecule has 0 saturated carbocycles. The number of rotatable bonds is 1. The van der Waals surface area contributed by atoms with Gasteiger partial charge < -0.3 is 0 Å². The van der Waals surface area contributed by atoms with Crippen LogP contribution in [0.25, 0.3) is 11.0 Å². The molecule has 5 nitrogen and oxygen atoms in total. The lowest BCUT2D eigenvalue weighted by molar-refractivity contribution is 0.392. The van der Waals surface area contributed by atoms with E-state index in [4.69, 9.17) is 0 Å². The molecule has 0 aliphatic carbocycles. The first kappa shape index (κ1) is 13.0. The largest absolute Gasteiger partial charge is 0.235 e. The molecule has 0 amide bonds. The average molecular weight is 342 g/mol. The van der Waals surface area contributed by atoms with E-state index in [9.17, 15) is 8.42 Å². The van der Waals surface area contributed by atoms with Crippen LogP contribution in [0, 0.1) is 0 Å². The number of sulfonamides is 1. The van der Waals surface area contributed by atoms with Crippen molar-refractivity contribution >= 4 is 37.0 Å². The number of hydrogen-bond acceptors (Lipinski definition) is 4. The van der Waals surface area contributed by atoms with E-state index in [0.29, 0.717) is 25.2 Å². The van der Waals surface area contributed by atoms with Crippen LogP contribution in [-0.4, -0.2) is 35.5 Å². The van der Waals surface area contributed by atoms with Crippen LogP contribution in [0.1, 0.15) is 11.3 Å². The summed E-state index contributed by atoms with van der Waals surface area (Å²) in [7, 11) is -3.15. The molecular weight excluding hydrogens is 330 g/mol. The zero-order chi connectivity index (χ0) is 13.6. The maximum atomic E-state index is 11.6. The van der Waals surface area contributed by atoms with E-state index in [1.807, 2.05) is 12.1 Å². The predicted molar refractivity (Wildman–Crippen MR) is 76.2 cm³/mol. The van der Waals surface area contributed by atoms with E-state index in [2.05, 4.69) is 25.9 Å². The van der Waals surface area contributed by atoms with Gasteiger partial charge in [-0.1, -0.05) is 0 Å². The third-order valence-corrected chi connectivity index (χ3v) is 4.90. The van der Waals surface area contributed by atoms with E-state index in [0.717, 1.165) is 21.1 Å². The van der Waals surface area contributed by atoms with Gasteiger partial charge in [0.05, 0.1) is 6.26 Å². The molecule has 0 aromatic carbocycles. The van der Waals surface area contributed by atoms with Crippen LogP contribution in [0.3, 0.4) is 0 Å². The Bertz CT molecular complexity index is 761. The number of nitrogens with zero attached hydrogens (tertiary/aromatic N) is 3. The van der Waals surface area contributed by atoms with Crippen LogP contribution in [0.2, 0.25) is 0 Å². The van der Waals surface area contributed by atoms with Crippen molar-refractivity contribution in [3.63, 3.8) is 0 Å². The maximum absolute atomic E-state index is 11.6. The second-order valence-electron chi connectivity index (χ2n) is 4.64. The van der Waals surface area contributed by atoms with Crippen LogP contribution in [0.15, 0.2) is 22.8 Å². The van der Waals surface area contributed by atoms with Gasteiger partial charge in [-0.15, -0.1) is 0 Å². The molecule has 0 saturated heterocycles. The van der Waals surface area contributed by atoms with Gasteiger partial charge in [0.25, 0.3) is 0 Å². The monoisotopic (exact) mass is 341 g/mol. The first-order valence-corrected chi connectivity index (χ1v) is 8.47. The first-order chi connectivity index (χ1) is 8.93. The topological polar surface area (TPSA) is 63.2 Å². The molecule has 0 spiro atoms. The zero-order valence-electron chi connectivity index (χ0n) is 10.3. The Kier molecular flexibility index (Phi) is 3.07. The highest BCUT2D eigenvalue weighted by Gasteiger charge is 2.24. The molecule has 2 aromatic heterocycles. The van der Waals surface area contributed by atoms with E-state index in [1.54, 1.807) is 6.20 Å². The molecule has 0 fully saturated rings. The first-order valence-electron chi connectivity index (χ1n) is 5.83. The van der Waals surface area contributed by atoms with E-state index < -0.39 is 10.0 Å². The molecule has 0 unspecified atom stereocenters. The summed E-state index contributed by atoms with van der Waals surface area (Å²) in [6.45, 7) is 0.879. The van der Waals surface area contributed by atoms with Gasteiger partial charge in [0.1, 0.15) is 0 Å². The van der Waals surface area contributed by atoms with Crippen molar-refractivity contribution in [3.8, 4) is 0 Å². The van der Waals surface area contributed by atoms with Crippen molar-refractivity contribution in [1.29, 1.82) is 0 Å². The Morgan fingerprint density at radius 2 is 2.16 bits per heavy atom. The van der Waals surface area contributed by atoms with Gasteiger partial charge in [-0.3, -0.25) is 0 Å². The van der Waals surface area contributed by atoms with E-state index in [1.165, 1.54) is 10.6 Å². The molecule has 3 rings (SSSR count). The Hall–Kier alpha value is -1.05. The molecule has 3 heterocycles. The van der Waals surface area contributed by atoms with Gasteiger partial charge in [0.15, 0.2) is 5.65 Å². The molecule has 0 bridgehead atoms. The number of pyridine rings is 2. The second-order valence-corrected chi connectivity index (χ2v) is 7.54. The Morgan fingerprint density at radius 3 is 2.89 bits per heavy atom. The standard InChI is InChI=1S/C12H12BrN3O2S/c1-19(17,18)16-3-2-11-9(7-16)4-8-5-10(13)6-14-12(8)15-11/h4-6H,2-3,7H2,1H3. The summed E-state index contributed by atoms with van der Waals surface area (Å²) in [6.07, 6.45) is 3.59. The van der Waals surface area contributed by atoms with Crippen LogP contribution in [0.5, 0.6) is 0 Å². The average Bonchev–Trinajstić information content (AvgIpc) is 2.34. The summed E-state index contributed by atoms with van der Waals surface area (Å²) >= 11 is 3.38. The highest BCUT2D eigenvalue weighted by atomic mass is 79.9. The van der Waals surface area contributed by atoms with E-state index in [-0.39, 0.29) is 0 Å². The number of hydrogen-bond donors (Lipinski definition) is 0. The van der Waals surface area contributed by atoms with Gasteiger partial charge >= 0.3 is 0 Å². The van der Waals surface area contributed by atoms with Gasteiger partial charge in [-0.05, 0) is 33.6 Å². The summed E-state index contributed by atoms with van der Waals surface area (Å²) in [4.78, 5) is 8.79. The van der Waals surface area contributed by atoms with Crippen LogP contribution in [-0.2, 0) is 23.0 Å². The number of aromatic nitrogens is 2. The smallest absolute Gasteiger partial charge is 0.211 e. The lowest BCUT2D eigenvalue weighted by Gasteiger charge is -2.26. The lowest BCUT2D eigenvalue weighted by atomic mass is 10.1. The minimum Gasteiger partial charge on any atom is -0.235 e. The quantitative estimate of drug-likeness (QED) is 0.792. The third kappa shape index (κ3) is 2.50. The molecule has 0 N–H and O–H groups in total. The summed E-state index contributed by atoms with van der Waals surface area (Å²) < 4.78 is 25.6. The van der Waals surface area contributed by atoms with E-state index >= 15 is 0 Å². The minimum absolute atomic E-state index is 0.392. The normalized spacial score (nSPS) is 16.5. The van der Waals surface area contributed by atoms with Crippen molar-refractivity contribution in [2.45, 2.75) is 13.0 Å². The fourth-order valence-electron chi connectivity index (χ4n) is 2.25. The Morgan fingerprint density at radius 1 is 1.37 bits per heavy atom. The molecular formula is C12H12BrN3O2S. The minimum atomic E-state index is -3.15. The molecule has 100 valence electrons. The van der Waals surface area contributed by atoms with Gasteiger partial charge in [0, 0.05) is 41.3 Å². The lowest BCUT2D eigenvalue weighted by Crippen LogP contribution is -2.35. The zero-order valence-corrected chi connectivity index (χ0v) is 12.7. The van der Waals surface area contributed by atoms with Crippen molar-refractivity contribution in [2.24, 2.45) is 0 Å². The van der Waals surface area contributed by atoms with Gasteiger partial charge in [-0.25, -0.2) is 18.4 Å². The molecule has 2 aromatic rings. The third-order valence-electron chi connectivity index (χ3n) is 3.22. The summed E-state index contributed by atoms with van der Waals surface area (Å²) in [6, 6.07) is 3.92. The summed E-state index contributed by atoms with van der Waals surface area (Å²) in [5, 5.41) is 0.920. The summed E-state index contributed by atoms with van der Waals surface area (Å²) in [5.41, 5.74) is 2.61. The highest BCUT2D eigenvalue weighted by Crippen LogP contribution is 2.24. The van der Waals surface area contributed by atoms with Crippen LogP contribution >= 0.6 is 15.9 Å². The summed E-state index contributed by atoms with van der Waals surface area (Å²) in [5.74, 6) is 0. The molecule has 0 radical (unpaired) electrons. The SMILES string of the molecule is CS(=O)(=O)N1CCc2nc3ncc(Br)cc3cc2C1. The molecule has 1 aliphatic rings. The highest BCUT2D eigenvalue weighted by molar-refractivity contribution is 9.10.